The number of aromatic nitrogens is 2. The molecule has 0 aliphatic carbocycles. The Morgan fingerprint density at radius 2 is 1.38 bits per heavy atom. The Labute approximate surface area is 301 Å². The molecule has 12 nitrogen and oxygen atoms in total. The van der Waals surface area contributed by atoms with E-state index < -0.39 is 41.7 Å². The molecular weight excluding hydrogens is 666 g/mol. The van der Waals surface area contributed by atoms with Crippen molar-refractivity contribution in [1.29, 1.82) is 0 Å². The van der Waals surface area contributed by atoms with E-state index in [-0.39, 0.29) is 25.6 Å². The molecule has 1 fully saturated rings. The Morgan fingerprint density at radius 3 is 1.94 bits per heavy atom. The fourth-order valence-corrected chi connectivity index (χ4v) is 6.26. The Bertz CT molecular complexity index is 1910. The minimum atomic E-state index is -1.22. The second-order valence-electron chi connectivity index (χ2n) is 12.0. The molecule has 0 radical (unpaired) electrons. The van der Waals surface area contributed by atoms with Gasteiger partial charge < -0.3 is 38.8 Å². The first-order chi connectivity index (χ1) is 25.4. The van der Waals surface area contributed by atoms with Crippen molar-refractivity contribution < 1.29 is 38.3 Å². The number of ether oxygens (including phenoxy) is 6. The van der Waals surface area contributed by atoms with Crippen molar-refractivity contribution in [3.05, 3.63) is 154 Å². The summed E-state index contributed by atoms with van der Waals surface area (Å²) in [6, 6.07) is 35.0. The summed E-state index contributed by atoms with van der Waals surface area (Å²) < 4.78 is 36.8. The summed E-state index contributed by atoms with van der Waals surface area (Å²) in [4.78, 5) is 30.2. The molecule has 4 atom stereocenters. The van der Waals surface area contributed by atoms with Gasteiger partial charge in [-0.15, -0.1) is 0 Å². The Morgan fingerprint density at radius 1 is 0.808 bits per heavy atom. The molecule has 52 heavy (non-hydrogen) atoms. The topological polar surface area (TPSA) is 140 Å². The zero-order valence-corrected chi connectivity index (χ0v) is 29.1. The minimum Gasteiger partial charge on any atom is -0.497 e. The number of carbonyl (C=O) groups is 1. The van der Waals surface area contributed by atoms with Gasteiger partial charge in [0.15, 0.2) is 6.23 Å². The zero-order chi connectivity index (χ0) is 36.5. The second kappa shape index (κ2) is 16.8. The molecule has 1 saturated heterocycles. The summed E-state index contributed by atoms with van der Waals surface area (Å²) in [6.07, 6.45) is -2.77. The van der Waals surface area contributed by atoms with E-state index in [2.05, 4.69) is 10.3 Å². The number of methoxy groups -OCH3 is 3. The van der Waals surface area contributed by atoms with E-state index in [0.29, 0.717) is 17.1 Å². The zero-order valence-electron chi connectivity index (χ0n) is 29.1. The molecule has 1 aliphatic heterocycles. The minimum absolute atomic E-state index is 0.0667. The first kappa shape index (κ1) is 36.4. The van der Waals surface area contributed by atoms with Crippen LogP contribution in [0.5, 0.6) is 11.5 Å². The van der Waals surface area contributed by atoms with Crippen LogP contribution in [0, 0.1) is 0 Å². The van der Waals surface area contributed by atoms with E-state index in [9.17, 15) is 14.7 Å². The van der Waals surface area contributed by atoms with Crippen LogP contribution in [0.2, 0.25) is 0 Å². The molecule has 0 saturated carbocycles. The van der Waals surface area contributed by atoms with Gasteiger partial charge >= 0.3 is 5.69 Å². The summed E-state index contributed by atoms with van der Waals surface area (Å²) >= 11 is 0. The molecular formula is C40H41N3O9. The van der Waals surface area contributed by atoms with Gasteiger partial charge in [-0.25, -0.2) is 4.79 Å². The molecule has 4 aromatic carbocycles. The van der Waals surface area contributed by atoms with Gasteiger partial charge in [0.2, 0.25) is 0 Å². The van der Waals surface area contributed by atoms with Gasteiger partial charge in [-0.3, -0.25) is 9.36 Å². The average Bonchev–Trinajstić information content (AvgIpc) is 3.50. The molecule has 1 aliphatic rings. The number of anilines is 1. The molecule has 12 heteroatoms. The van der Waals surface area contributed by atoms with E-state index in [1.54, 1.807) is 44.6 Å². The molecule has 6 rings (SSSR count). The van der Waals surface area contributed by atoms with E-state index in [4.69, 9.17) is 28.4 Å². The molecule has 1 aromatic heterocycles. The van der Waals surface area contributed by atoms with Gasteiger partial charge in [0.1, 0.15) is 41.2 Å². The molecule has 0 spiro atoms. The fraction of sp³-hybridized carbons (Fsp3) is 0.275. The average molecular weight is 708 g/mol. The SMILES string of the molecule is COCCO[C@@H]1[C@H](O)[C@@H](COC(c2ccccc2)(c2ccc(OC)cc2)c2ccc(OC)cc2)O[C@H]1n1ccc(NC(=O)c2ccccc2)nc1=O. The van der Waals surface area contributed by atoms with Crippen molar-refractivity contribution in [2.75, 3.05) is 46.5 Å². The largest absolute Gasteiger partial charge is 0.497 e. The van der Waals surface area contributed by atoms with Crippen LogP contribution >= 0.6 is 0 Å². The van der Waals surface area contributed by atoms with Gasteiger partial charge in [0.05, 0.1) is 34.0 Å². The number of aliphatic hydroxyl groups excluding tert-OH is 1. The number of hydrogen-bond donors (Lipinski definition) is 2. The monoisotopic (exact) mass is 707 g/mol. The van der Waals surface area contributed by atoms with Crippen molar-refractivity contribution in [2.24, 2.45) is 0 Å². The van der Waals surface area contributed by atoms with Crippen LogP contribution < -0.4 is 20.5 Å². The Hall–Kier alpha value is -5.37. The van der Waals surface area contributed by atoms with Crippen LogP contribution in [0.25, 0.3) is 0 Å². The van der Waals surface area contributed by atoms with Crippen LogP contribution in [0.4, 0.5) is 5.82 Å². The lowest BCUT2D eigenvalue weighted by Crippen LogP contribution is -2.41. The summed E-state index contributed by atoms with van der Waals surface area (Å²) in [7, 11) is 4.75. The van der Waals surface area contributed by atoms with Gasteiger partial charge in [-0.1, -0.05) is 72.8 Å². The summed E-state index contributed by atoms with van der Waals surface area (Å²) in [5.41, 5.74) is 0.965. The Kier molecular flexibility index (Phi) is 11.7. The van der Waals surface area contributed by atoms with E-state index in [1.165, 1.54) is 23.9 Å². The van der Waals surface area contributed by atoms with Gasteiger partial charge in [0.25, 0.3) is 5.91 Å². The van der Waals surface area contributed by atoms with Crippen molar-refractivity contribution >= 4 is 11.7 Å². The van der Waals surface area contributed by atoms with Gasteiger partial charge in [0, 0.05) is 18.9 Å². The number of carbonyl (C=O) groups excluding carboxylic acids is 1. The smallest absolute Gasteiger partial charge is 0.351 e. The second-order valence-corrected chi connectivity index (χ2v) is 12.0. The molecule has 0 bridgehead atoms. The third kappa shape index (κ3) is 7.76. The normalized spacial score (nSPS) is 18.5. The quantitative estimate of drug-likeness (QED) is 0.115. The number of hydrogen-bond acceptors (Lipinski definition) is 10. The van der Waals surface area contributed by atoms with E-state index in [1.807, 2.05) is 78.9 Å². The third-order valence-corrected chi connectivity index (χ3v) is 8.93. The van der Waals surface area contributed by atoms with Crippen LogP contribution in [0.3, 0.4) is 0 Å². The maximum absolute atomic E-state index is 13.4. The van der Waals surface area contributed by atoms with Gasteiger partial charge in [-0.05, 0) is 59.2 Å². The highest BCUT2D eigenvalue weighted by atomic mass is 16.6. The molecule has 1 amide bonds. The van der Waals surface area contributed by atoms with E-state index >= 15 is 0 Å². The molecule has 5 aromatic rings. The maximum Gasteiger partial charge on any atom is 0.351 e. The van der Waals surface area contributed by atoms with Crippen LogP contribution in [0.15, 0.2) is 126 Å². The fourth-order valence-electron chi connectivity index (χ4n) is 6.26. The number of nitrogens with one attached hydrogen (secondary N) is 1. The maximum atomic E-state index is 13.4. The van der Waals surface area contributed by atoms with Crippen LogP contribution in [0.1, 0.15) is 33.3 Å². The van der Waals surface area contributed by atoms with Crippen LogP contribution in [-0.4, -0.2) is 80.0 Å². The first-order valence-electron chi connectivity index (χ1n) is 16.8. The highest BCUT2D eigenvalue weighted by Gasteiger charge is 2.48. The predicted molar refractivity (Wildman–Crippen MR) is 193 cm³/mol. The lowest BCUT2D eigenvalue weighted by Gasteiger charge is -2.37. The number of nitrogens with zero attached hydrogens (tertiary/aromatic N) is 2. The Balaban J connectivity index is 1.33. The molecule has 270 valence electrons. The van der Waals surface area contributed by atoms with Gasteiger partial charge in [-0.2, -0.15) is 4.98 Å². The standard InChI is InChI=1S/C40H41N3O9/c1-47-24-25-50-36-35(44)33(52-38(36)43-23-22-34(42-39(43)46)41-37(45)27-10-6-4-7-11-27)26-51-40(28-12-8-5-9-13-28,29-14-18-31(48-2)19-15-29)30-16-20-32(49-3)21-17-30/h4-23,33,35-36,38,44H,24-26H2,1-3H3,(H,41,42,45,46)/t33-,35-,36-,38-/m1/s1. The van der Waals surface area contributed by atoms with Crippen molar-refractivity contribution in [2.45, 2.75) is 30.1 Å². The summed E-state index contributed by atoms with van der Waals surface area (Å²) in [5, 5.41) is 14.4. The summed E-state index contributed by atoms with van der Waals surface area (Å²) in [6.45, 7) is 0.271. The highest BCUT2D eigenvalue weighted by Crippen LogP contribution is 2.43. The lowest BCUT2D eigenvalue weighted by molar-refractivity contribution is -0.0993. The van der Waals surface area contributed by atoms with Crippen molar-refractivity contribution in [3.63, 3.8) is 0 Å². The summed E-state index contributed by atoms with van der Waals surface area (Å²) in [5.74, 6) is 1.01. The number of aliphatic hydroxyl groups is 1. The molecule has 2 heterocycles. The number of benzene rings is 4. The molecule has 2 N–H and O–H groups in total. The third-order valence-electron chi connectivity index (χ3n) is 8.93. The first-order valence-corrected chi connectivity index (χ1v) is 16.8. The number of amides is 1. The number of rotatable bonds is 15. The lowest BCUT2D eigenvalue weighted by atomic mass is 9.80. The van der Waals surface area contributed by atoms with E-state index in [0.717, 1.165) is 16.7 Å². The predicted octanol–water partition coefficient (Wildman–Crippen LogP) is 4.81. The van der Waals surface area contributed by atoms with Crippen molar-refractivity contribution in [3.8, 4) is 11.5 Å². The molecule has 0 unspecified atom stereocenters. The highest BCUT2D eigenvalue weighted by molar-refractivity contribution is 6.03. The van der Waals surface area contributed by atoms with Crippen molar-refractivity contribution in [1.82, 2.24) is 9.55 Å². The van der Waals surface area contributed by atoms with Crippen LogP contribution in [-0.2, 0) is 24.5 Å².